The van der Waals surface area contributed by atoms with Gasteiger partial charge in [-0.15, -0.1) is 0 Å². The van der Waals surface area contributed by atoms with E-state index in [4.69, 9.17) is 9.84 Å². The lowest BCUT2D eigenvalue weighted by molar-refractivity contribution is 0.0252. The van der Waals surface area contributed by atoms with Gasteiger partial charge in [-0.05, 0) is 12.1 Å². The van der Waals surface area contributed by atoms with Crippen molar-refractivity contribution in [1.82, 2.24) is 15.6 Å². The van der Waals surface area contributed by atoms with Gasteiger partial charge in [0, 0.05) is 25.0 Å². The predicted molar refractivity (Wildman–Crippen MR) is 82.7 cm³/mol. The highest BCUT2D eigenvalue weighted by molar-refractivity contribution is 6.06. The second kappa shape index (κ2) is 6.83. The Morgan fingerprint density at radius 1 is 1.45 bits per heavy atom. The summed E-state index contributed by atoms with van der Waals surface area (Å²) in [5.41, 5.74) is 2.08. The van der Waals surface area contributed by atoms with Gasteiger partial charge in [0.25, 0.3) is 5.91 Å². The highest BCUT2D eigenvalue weighted by atomic mass is 16.5. The van der Waals surface area contributed by atoms with E-state index in [0.717, 1.165) is 23.1 Å². The Bertz CT molecular complexity index is 669. The number of nitrogens with one attached hydrogen (secondary N) is 2. The molecule has 0 bridgehead atoms. The molecule has 0 spiro atoms. The molecule has 0 aliphatic carbocycles. The molecule has 6 heteroatoms. The zero-order valence-electron chi connectivity index (χ0n) is 12.2. The van der Waals surface area contributed by atoms with Gasteiger partial charge in [0.2, 0.25) is 0 Å². The van der Waals surface area contributed by atoms with Crippen LogP contribution in [0.1, 0.15) is 22.2 Å². The maximum absolute atomic E-state index is 12.3. The first-order valence-corrected chi connectivity index (χ1v) is 7.40. The molecule has 22 heavy (non-hydrogen) atoms. The van der Waals surface area contributed by atoms with Gasteiger partial charge in [-0.3, -0.25) is 4.79 Å². The van der Waals surface area contributed by atoms with Gasteiger partial charge in [-0.2, -0.15) is 0 Å². The number of benzene rings is 1. The Labute approximate surface area is 128 Å². The molecule has 1 aliphatic heterocycles. The molecule has 3 N–H and O–H groups in total. The summed E-state index contributed by atoms with van der Waals surface area (Å²) in [6.45, 7) is 2.28. The number of fused-ring (bicyclic) bond motifs is 1. The van der Waals surface area contributed by atoms with Crippen LogP contribution in [-0.4, -0.2) is 48.8 Å². The Kier molecular flexibility index (Phi) is 4.62. The van der Waals surface area contributed by atoms with Crippen molar-refractivity contribution < 1.29 is 14.6 Å². The topological polar surface area (TPSA) is 83.5 Å². The first kappa shape index (κ1) is 14.9. The third-order valence-corrected chi connectivity index (χ3v) is 3.64. The van der Waals surface area contributed by atoms with E-state index in [1.54, 1.807) is 6.07 Å². The molecule has 1 aliphatic rings. The lowest BCUT2D eigenvalue weighted by Crippen LogP contribution is -2.34. The number of rotatable bonds is 4. The third kappa shape index (κ3) is 3.09. The number of carbonyl (C=O) groups excluding carboxylic acids is 1. The van der Waals surface area contributed by atoms with Crippen LogP contribution in [0.4, 0.5) is 0 Å². The summed E-state index contributed by atoms with van der Waals surface area (Å²) < 4.78 is 5.73. The third-order valence-electron chi connectivity index (χ3n) is 3.64. The number of carbonyl (C=O) groups is 1. The SMILES string of the molecule is O=C(NCCO)c1cc([C@@H]2CNCCO2)nc2ccccc12. The van der Waals surface area contributed by atoms with E-state index < -0.39 is 0 Å². The van der Waals surface area contributed by atoms with Gasteiger partial charge in [-0.25, -0.2) is 4.98 Å². The Hall–Kier alpha value is -2.02. The molecular weight excluding hydrogens is 282 g/mol. The zero-order chi connectivity index (χ0) is 15.4. The average molecular weight is 301 g/mol. The van der Waals surface area contributed by atoms with Crippen LogP contribution in [0.5, 0.6) is 0 Å². The number of aliphatic hydroxyl groups excluding tert-OH is 1. The average Bonchev–Trinajstić information content (AvgIpc) is 2.59. The predicted octanol–water partition coefficient (Wildman–Crippen LogP) is 0.618. The maximum atomic E-state index is 12.3. The molecule has 1 amide bonds. The number of para-hydroxylation sites is 1. The largest absolute Gasteiger partial charge is 0.395 e. The Morgan fingerprint density at radius 3 is 3.09 bits per heavy atom. The molecule has 3 rings (SSSR count). The van der Waals surface area contributed by atoms with Crippen molar-refractivity contribution in [2.45, 2.75) is 6.10 Å². The molecule has 0 unspecified atom stereocenters. The van der Waals surface area contributed by atoms with Gasteiger partial charge in [0.15, 0.2) is 0 Å². The van der Waals surface area contributed by atoms with E-state index in [1.165, 1.54) is 0 Å². The Morgan fingerprint density at radius 2 is 2.32 bits per heavy atom. The second-order valence-electron chi connectivity index (χ2n) is 5.15. The van der Waals surface area contributed by atoms with E-state index in [0.29, 0.717) is 18.7 Å². The molecule has 2 aromatic rings. The van der Waals surface area contributed by atoms with Crippen molar-refractivity contribution in [3.05, 3.63) is 41.6 Å². The number of morpholine rings is 1. The normalized spacial score (nSPS) is 18.3. The monoisotopic (exact) mass is 301 g/mol. The molecule has 0 radical (unpaired) electrons. The van der Waals surface area contributed by atoms with Gasteiger partial charge in [0.05, 0.1) is 30.0 Å². The summed E-state index contributed by atoms with van der Waals surface area (Å²) in [4.78, 5) is 17.0. The van der Waals surface area contributed by atoms with Crippen molar-refractivity contribution in [3.8, 4) is 0 Å². The number of aliphatic hydroxyl groups is 1. The fraction of sp³-hybridized carbons (Fsp3) is 0.375. The number of pyridine rings is 1. The number of nitrogens with zero attached hydrogens (tertiary/aromatic N) is 1. The van der Waals surface area contributed by atoms with Crippen LogP contribution in [0.25, 0.3) is 10.9 Å². The molecule has 1 aromatic carbocycles. The van der Waals surface area contributed by atoms with E-state index in [-0.39, 0.29) is 25.2 Å². The highest BCUT2D eigenvalue weighted by Crippen LogP contribution is 2.24. The minimum atomic E-state index is -0.210. The first-order valence-electron chi connectivity index (χ1n) is 7.40. The lowest BCUT2D eigenvalue weighted by atomic mass is 10.0. The first-order chi connectivity index (χ1) is 10.8. The number of hydrogen-bond acceptors (Lipinski definition) is 5. The molecule has 0 saturated carbocycles. The van der Waals surface area contributed by atoms with Crippen LogP contribution >= 0.6 is 0 Å². The fourth-order valence-corrected chi connectivity index (χ4v) is 2.57. The summed E-state index contributed by atoms with van der Waals surface area (Å²) >= 11 is 0. The summed E-state index contributed by atoms with van der Waals surface area (Å²) in [5, 5.41) is 15.6. The minimum absolute atomic E-state index is 0.0860. The van der Waals surface area contributed by atoms with Crippen LogP contribution in [0, 0.1) is 0 Å². The van der Waals surface area contributed by atoms with Crippen LogP contribution in [0.3, 0.4) is 0 Å². The van der Waals surface area contributed by atoms with Crippen LogP contribution in [0.2, 0.25) is 0 Å². The molecule has 1 fully saturated rings. The summed E-state index contributed by atoms with van der Waals surface area (Å²) in [5.74, 6) is -0.210. The number of ether oxygens (including phenoxy) is 1. The summed E-state index contributed by atoms with van der Waals surface area (Å²) in [6.07, 6.45) is -0.150. The molecule has 2 heterocycles. The standard InChI is InChI=1S/C16H19N3O3/c20-7-5-18-16(21)12-9-14(15-10-17-6-8-22-15)19-13-4-2-1-3-11(12)13/h1-4,9,15,17,20H,5-8,10H2,(H,18,21)/t15-/m0/s1. The van der Waals surface area contributed by atoms with Crippen molar-refractivity contribution in [3.63, 3.8) is 0 Å². The van der Waals surface area contributed by atoms with E-state index in [1.807, 2.05) is 24.3 Å². The molecule has 1 atom stereocenters. The quantitative estimate of drug-likeness (QED) is 0.771. The van der Waals surface area contributed by atoms with Gasteiger partial charge >= 0.3 is 0 Å². The lowest BCUT2D eigenvalue weighted by Gasteiger charge is -2.24. The van der Waals surface area contributed by atoms with E-state index in [9.17, 15) is 4.79 Å². The molecular formula is C16H19N3O3. The van der Waals surface area contributed by atoms with Crippen molar-refractivity contribution in [2.75, 3.05) is 32.8 Å². The van der Waals surface area contributed by atoms with Crippen molar-refractivity contribution in [2.24, 2.45) is 0 Å². The van der Waals surface area contributed by atoms with Crippen molar-refractivity contribution >= 4 is 16.8 Å². The van der Waals surface area contributed by atoms with Gasteiger partial charge in [-0.1, -0.05) is 18.2 Å². The van der Waals surface area contributed by atoms with E-state index >= 15 is 0 Å². The van der Waals surface area contributed by atoms with Gasteiger partial charge < -0.3 is 20.5 Å². The molecule has 1 aromatic heterocycles. The Balaban J connectivity index is 2.01. The summed E-state index contributed by atoms with van der Waals surface area (Å²) in [6, 6.07) is 9.32. The molecule has 6 nitrogen and oxygen atoms in total. The maximum Gasteiger partial charge on any atom is 0.252 e. The van der Waals surface area contributed by atoms with Gasteiger partial charge in [0.1, 0.15) is 6.10 Å². The molecule has 116 valence electrons. The highest BCUT2D eigenvalue weighted by Gasteiger charge is 2.20. The van der Waals surface area contributed by atoms with Crippen molar-refractivity contribution in [1.29, 1.82) is 0 Å². The van der Waals surface area contributed by atoms with E-state index in [2.05, 4.69) is 15.6 Å². The minimum Gasteiger partial charge on any atom is -0.395 e. The van der Waals surface area contributed by atoms with Crippen LogP contribution in [0.15, 0.2) is 30.3 Å². The fourth-order valence-electron chi connectivity index (χ4n) is 2.57. The smallest absolute Gasteiger partial charge is 0.252 e. The second-order valence-corrected chi connectivity index (χ2v) is 5.15. The number of amides is 1. The molecule has 1 saturated heterocycles. The summed E-state index contributed by atoms with van der Waals surface area (Å²) in [7, 11) is 0. The number of hydrogen-bond donors (Lipinski definition) is 3. The zero-order valence-corrected chi connectivity index (χ0v) is 12.2. The van der Waals surface area contributed by atoms with Crippen LogP contribution < -0.4 is 10.6 Å². The number of aromatic nitrogens is 1. The van der Waals surface area contributed by atoms with Crippen LogP contribution in [-0.2, 0) is 4.74 Å².